The molecule has 12 heteroatoms. The third-order valence-corrected chi connectivity index (χ3v) is 5.69. The Bertz CT molecular complexity index is 929. The van der Waals surface area contributed by atoms with Gasteiger partial charge in [0.1, 0.15) is 17.2 Å². The van der Waals surface area contributed by atoms with Crippen LogP contribution < -0.4 is 5.32 Å². The molecule has 1 amide bonds. The highest BCUT2D eigenvalue weighted by atomic mass is 35.5. The van der Waals surface area contributed by atoms with Crippen LogP contribution in [0.1, 0.15) is 45.6 Å². The molecule has 1 aliphatic carbocycles. The van der Waals surface area contributed by atoms with E-state index >= 15 is 0 Å². The first-order chi connectivity index (χ1) is 13.6. The summed E-state index contributed by atoms with van der Waals surface area (Å²) in [7, 11) is -6.03. The number of rotatable bonds is 4. The standard InChI is InChI=1S/C18H21ClF3NO6S/c1-16(2,3)28-15(25)23-17(11-7-4-5-8-12(11)19)10-6-9-13(14(17)24)29-30(26,27)18(20,21)22/h4-5,7-8,13H,6,9-10H2,1-3H3,(H,23,25). The first-order valence-electron chi connectivity index (χ1n) is 8.89. The van der Waals surface area contributed by atoms with Crippen molar-refractivity contribution in [2.24, 2.45) is 0 Å². The summed E-state index contributed by atoms with van der Waals surface area (Å²) in [6.07, 6.45) is -3.23. The van der Waals surface area contributed by atoms with Crippen LogP contribution in [0, 0.1) is 0 Å². The van der Waals surface area contributed by atoms with E-state index in [1.807, 2.05) is 0 Å². The molecule has 1 saturated carbocycles. The van der Waals surface area contributed by atoms with Crippen molar-refractivity contribution in [3.63, 3.8) is 0 Å². The zero-order chi connectivity index (χ0) is 23.0. The predicted octanol–water partition coefficient (Wildman–Crippen LogP) is 4.05. The molecule has 1 N–H and O–H groups in total. The van der Waals surface area contributed by atoms with Gasteiger partial charge in [-0.3, -0.25) is 8.98 Å². The molecular formula is C18H21ClF3NO6S. The maximum absolute atomic E-state index is 13.2. The minimum atomic E-state index is -6.03. The Balaban J connectivity index is 2.49. The van der Waals surface area contributed by atoms with Crippen molar-refractivity contribution in [2.75, 3.05) is 0 Å². The third kappa shape index (κ3) is 5.25. The van der Waals surface area contributed by atoms with Gasteiger partial charge in [-0.2, -0.15) is 21.6 Å². The second-order valence-electron chi connectivity index (χ2n) is 7.75. The lowest BCUT2D eigenvalue weighted by molar-refractivity contribution is -0.137. The first-order valence-corrected chi connectivity index (χ1v) is 10.7. The van der Waals surface area contributed by atoms with Crippen LogP contribution in [0.5, 0.6) is 0 Å². The number of hydrogen-bond donors (Lipinski definition) is 1. The molecular weight excluding hydrogens is 451 g/mol. The normalized spacial score (nSPS) is 23.2. The first kappa shape index (κ1) is 24.4. The third-order valence-electron chi connectivity index (χ3n) is 4.31. The number of carbonyl (C=O) groups is 2. The molecule has 2 unspecified atom stereocenters. The summed E-state index contributed by atoms with van der Waals surface area (Å²) in [4.78, 5) is 25.7. The number of ether oxygens (including phenoxy) is 1. The lowest BCUT2D eigenvalue weighted by Crippen LogP contribution is -2.59. The van der Waals surface area contributed by atoms with Gasteiger partial charge in [-0.15, -0.1) is 0 Å². The van der Waals surface area contributed by atoms with Crippen LogP contribution in [0.3, 0.4) is 0 Å². The van der Waals surface area contributed by atoms with Crippen molar-refractivity contribution < 1.29 is 40.1 Å². The Morgan fingerprint density at radius 2 is 1.83 bits per heavy atom. The van der Waals surface area contributed by atoms with Gasteiger partial charge in [-0.25, -0.2) is 4.79 Å². The van der Waals surface area contributed by atoms with Crippen molar-refractivity contribution in [2.45, 2.75) is 62.8 Å². The van der Waals surface area contributed by atoms with Gasteiger partial charge < -0.3 is 10.1 Å². The maximum Gasteiger partial charge on any atom is 0.523 e. The summed E-state index contributed by atoms with van der Waals surface area (Å²) in [5, 5.41) is 2.46. The molecule has 0 bridgehead atoms. The fourth-order valence-corrected chi connectivity index (χ4v) is 4.02. The molecule has 1 aliphatic rings. The zero-order valence-electron chi connectivity index (χ0n) is 16.4. The van der Waals surface area contributed by atoms with Crippen LogP contribution in [-0.2, 0) is 29.4 Å². The van der Waals surface area contributed by atoms with E-state index < -0.39 is 44.7 Å². The monoisotopic (exact) mass is 471 g/mol. The minimum absolute atomic E-state index is 0.0409. The van der Waals surface area contributed by atoms with E-state index in [1.54, 1.807) is 26.8 Å². The second kappa shape index (κ2) is 8.35. The molecule has 0 aromatic heterocycles. The molecule has 1 aromatic carbocycles. The number of carbonyl (C=O) groups excluding carboxylic acids is 2. The van der Waals surface area contributed by atoms with E-state index in [9.17, 15) is 31.2 Å². The fraction of sp³-hybridized carbons (Fsp3) is 0.556. The van der Waals surface area contributed by atoms with Crippen molar-refractivity contribution in [3.8, 4) is 0 Å². The number of hydrogen-bond acceptors (Lipinski definition) is 6. The van der Waals surface area contributed by atoms with E-state index in [0.29, 0.717) is 0 Å². The zero-order valence-corrected chi connectivity index (χ0v) is 18.0. The molecule has 0 spiro atoms. The molecule has 2 atom stereocenters. The number of nitrogens with one attached hydrogen (secondary N) is 1. The van der Waals surface area contributed by atoms with Crippen LogP contribution in [0.2, 0.25) is 5.02 Å². The van der Waals surface area contributed by atoms with Gasteiger partial charge in [-0.05, 0) is 46.1 Å². The van der Waals surface area contributed by atoms with Gasteiger partial charge in [0.25, 0.3) is 0 Å². The number of alkyl carbamates (subject to hydrolysis) is 1. The van der Waals surface area contributed by atoms with Crippen LogP contribution in [-0.4, -0.2) is 37.5 Å². The van der Waals surface area contributed by atoms with Crippen molar-refractivity contribution in [3.05, 3.63) is 34.9 Å². The van der Waals surface area contributed by atoms with Crippen molar-refractivity contribution in [1.82, 2.24) is 5.32 Å². The van der Waals surface area contributed by atoms with Crippen molar-refractivity contribution >= 4 is 33.6 Å². The Morgan fingerprint density at radius 3 is 2.37 bits per heavy atom. The Morgan fingerprint density at radius 1 is 1.23 bits per heavy atom. The smallest absolute Gasteiger partial charge is 0.444 e. The molecule has 168 valence electrons. The van der Waals surface area contributed by atoms with Crippen LogP contribution in [0.25, 0.3) is 0 Å². The van der Waals surface area contributed by atoms with Crippen molar-refractivity contribution in [1.29, 1.82) is 0 Å². The molecule has 0 saturated heterocycles. The second-order valence-corrected chi connectivity index (χ2v) is 9.72. The average molecular weight is 472 g/mol. The minimum Gasteiger partial charge on any atom is -0.444 e. The summed E-state index contributed by atoms with van der Waals surface area (Å²) < 4.78 is 70.6. The quantitative estimate of drug-likeness (QED) is 0.525. The highest BCUT2D eigenvalue weighted by molar-refractivity contribution is 7.87. The maximum atomic E-state index is 13.2. The molecule has 1 aromatic rings. The molecule has 2 rings (SSSR count). The molecule has 0 radical (unpaired) electrons. The Kier molecular flexibility index (Phi) is 6.80. The highest BCUT2D eigenvalue weighted by Gasteiger charge is 2.54. The fourth-order valence-electron chi connectivity index (χ4n) is 3.13. The molecule has 0 heterocycles. The number of amides is 1. The van der Waals surface area contributed by atoms with Crippen LogP contribution in [0.4, 0.5) is 18.0 Å². The van der Waals surface area contributed by atoms with Gasteiger partial charge in [0, 0.05) is 10.6 Å². The van der Waals surface area contributed by atoms with Gasteiger partial charge in [0.15, 0.2) is 5.78 Å². The SMILES string of the molecule is CC(C)(C)OC(=O)NC1(c2ccccc2Cl)CCCC(OS(=O)(=O)C(F)(F)F)C1=O. The highest BCUT2D eigenvalue weighted by Crippen LogP contribution is 2.40. The summed E-state index contributed by atoms with van der Waals surface area (Å²) in [5.74, 6) is -1.07. The number of halogens is 4. The molecule has 30 heavy (non-hydrogen) atoms. The number of Topliss-reactive ketones (excluding diaryl/α,β-unsaturated/α-hetero) is 1. The van der Waals surface area contributed by atoms with E-state index in [2.05, 4.69) is 9.50 Å². The van der Waals surface area contributed by atoms with E-state index in [4.69, 9.17) is 16.3 Å². The van der Waals surface area contributed by atoms with Gasteiger partial charge in [-0.1, -0.05) is 29.8 Å². The van der Waals surface area contributed by atoms with Gasteiger partial charge in [0.05, 0.1) is 0 Å². The Hall–Kier alpha value is -1.85. The predicted molar refractivity (Wildman–Crippen MR) is 101 cm³/mol. The Labute approximate surface area is 177 Å². The summed E-state index contributed by atoms with van der Waals surface area (Å²) in [6, 6.07) is 5.92. The number of alkyl halides is 3. The summed E-state index contributed by atoms with van der Waals surface area (Å²) in [6.45, 7) is 4.75. The lowest BCUT2D eigenvalue weighted by atomic mass is 9.74. The van der Waals surface area contributed by atoms with E-state index in [-0.39, 0.29) is 29.8 Å². The van der Waals surface area contributed by atoms with Gasteiger partial charge in [0.2, 0.25) is 0 Å². The number of ketones is 1. The summed E-state index contributed by atoms with van der Waals surface area (Å²) in [5.41, 5.74) is -8.46. The molecule has 1 fully saturated rings. The number of benzene rings is 1. The largest absolute Gasteiger partial charge is 0.523 e. The van der Waals surface area contributed by atoms with Gasteiger partial charge >= 0.3 is 21.7 Å². The van der Waals surface area contributed by atoms with E-state index in [0.717, 1.165) is 0 Å². The molecule has 0 aliphatic heterocycles. The average Bonchev–Trinajstić information content (AvgIpc) is 2.56. The van der Waals surface area contributed by atoms with Crippen LogP contribution in [0.15, 0.2) is 24.3 Å². The topological polar surface area (TPSA) is 98.8 Å². The molecule has 7 nitrogen and oxygen atoms in total. The lowest BCUT2D eigenvalue weighted by Gasteiger charge is -2.40. The summed E-state index contributed by atoms with van der Waals surface area (Å²) >= 11 is 6.20. The van der Waals surface area contributed by atoms with Crippen LogP contribution >= 0.6 is 11.6 Å². The van der Waals surface area contributed by atoms with E-state index in [1.165, 1.54) is 18.2 Å².